The first-order valence-electron chi connectivity index (χ1n) is 4.60. The quantitative estimate of drug-likeness (QED) is 0.447. The van der Waals surface area contributed by atoms with E-state index in [2.05, 4.69) is 32.2 Å². The predicted molar refractivity (Wildman–Crippen MR) is 60.0 cm³/mol. The zero-order valence-corrected chi connectivity index (χ0v) is 9.21. The van der Waals surface area contributed by atoms with Crippen molar-refractivity contribution in [1.82, 2.24) is 0 Å². The zero-order valence-electron chi connectivity index (χ0n) is 7.42. The average molecular weight is 192 g/mol. The molecule has 0 aliphatic rings. The highest BCUT2D eigenvalue weighted by molar-refractivity contribution is 7.81. The van der Waals surface area contributed by atoms with E-state index in [1.807, 2.05) is 0 Å². The Morgan fingerprint density at radius 3 is 2.27 bits per heavy atom. The lowest BCUT2D eigenvalue weighted by Crippen LogP contribution is -1.98. The van der Waals surface area contributed by atoms with Gasteiger partial charge in [-0.3, -0.25) is 0 Å². The fourth-order valence-electron chi connectivity index (χ4n) is 1.08. The smallest absolute Gasteiger partial charge is 0.00168 e. The fourth-order valence-corrected chi connectivity index (χ4v) is 1.66. The Bertz CT molecular complexity index is 74.0. The minimum Gasteiger partial charge on any atom is -0.179 e. The summed E-state index contributed by atoms with van der Waals surface area (Å²) in [6.07, 6.45) is 7.71. The maximum Gasteiger partial charge on any atom is 0.00168 e. The molecule has 68 valence electrons. The first kappa shape index (κ1) is 11.7. The van der Waals surface area contributed by atoms with Crippen molar-refractivity contribution in [3.8, 4) is 0 Å². The van der Waals surface area contributed by atoms with E-state index in [-0.39, 0.29) is 0 Å². The third-order valence-corrected chi connectivity index (χ3v) is 2.67. The molecular formula is C9H20S2. The lowest BCUT2D eigenvalue weighted by Gasteiger charge is -2.08. The minimum atomic E-state index is 0.634. The highest BCUT2D eigenvalue weighted by Gasteiger charge is 2.00. The second-order valence-electron chi connectivity index (χ2n) is 3.02. The molecule has 0 spiro atoms. The summed E-state index contributed by atoms with van der Waals surface area (Å²) in [7, 11) is 0. The first-order valence-corrected chi connectivity index (χ1v) is 5.75. The SMILES string of the molecule is CCCCC(S)CCCCS. The zero-order chi connectivity index (χ0) is 8.53. The summed E-state index contributed by atoms with van der Waals surface area (Å²) in [5.41, 5.74) is 0. The fraction of sp³-hybridized carbons (Fsp3) is 1.00. The summed E-state index contributed by atoms with van der Waals surface area (Å²) in [4.78, 5) is 0. The first-order chi connectivity index (χ1) is 5.31. The van der Waals surface area contributed by atoms with Crippen LogP contribution in [-0.4, -0.2) is 11.0 Å². The number of unbranched alkanes of at least 4 members (excludes halogenated alkanes) is 2. The second-order valence-corrected chi connectivity index (χ2v) is 4.19. The molecule has 0 aliphatic carbocycles. The highest BCUT2D eigenvalue weighted by atomic mass is 32.1. The summed E-state index contributed by atoms with van der Waals surface area (Å²) in [6.45, 7) is 2.23. The van der Waals surface area contributed by atoms with Crippen LogP contribution in [0.3, 0.4) is 0 Å². The molecule has 0 saturated carbocycles. The van der Waals surface area contributed by atoms with Crippen LogP contribution in [0.5, 0.6) is 0 Å². The van der Waals surface area contributed by atoms with E-state index in [9.17, 15) is 0 Å². The molecule has 0 aliphatic heterocycles. The Morgan fingerprint density at radius 2 is 1.73 bits per heavy atom. The Morgan fingerprint density at radius 1 is 1.09 bits per heavy atom. The second kappa shape index (κ2) is 8.79. The average Bonchev–Trinajstić information content (AvgIpc) is 2.01. The summed E-state index contributed by atoms with van der Waals surface area (Å²) in [5, 5.41) is 0.634. The van der Waals surface area contributed by atoms with Crippen LogP contribution in [0.1, 0.15) is 45.4 Å². The van der Waals surface area contributed by atoms with E-state index in [0.29, 0.717) is 5.25 Å². The van der Waals surface area contributed by atoms with Crippen molar-refractivity contribution in [2.24, 2.45) is 0 Å². The van der Waals surface area contributed by atoms with Crippen molar-refractivity contribution in [3.05, 3.63) is 0 Å². The van der Waals surface area contributed by atoms with Crippen LogP contribution in [0.25, 0.3) is 0 Å². The van der Waals surface area contributed by atoms with E-state index < -0.39 is 0 Å². The van der Waals surface area contributed by atoms with Crippen molar-refractivity contribution in [2.75, 3.05) is 5.75 Å². The van der Waals surface area contributed by atoms with Crippen LogP contribution in [-0.2, 0) is 0 Å². The van der Waals surface area contributed by atoms with Crippen molar-refractivity contribution in [2.45, 2.75) is 50.7 Å². The molecule has 0 N–H and O–H groups in total. The highest BCUT2D eigenvalue weighted by Crippen LogP contribution is 2.13. The molecule has 0 rings (SSSR count). The van der Waals surface area contributed by atoms with Gasteiger partial charge in [-0.25, -0.2) is 0 Å². The van der Waals surface area contributed by atoms with Crippen LogP contribution in [0.15, 0.2) is 0 Å². The maximum absolute atomic E-state index is 4.51. The van der Waals surface area contributed by atoms with E-state index in [1.54, 1.807) is 0 Å². The Labute approximate surface area is 82.0 Å². The standard InChI is InChI=1S/C9H20S2/c1-2-3-6-9(11)7-4-5-8-10/h9-11H,2-8H2,1H3. The van der Waals surface area contributed by atoms with Crippen molar-refractivity contribution < 1.29 is 0 Å². The van der Waals surface area contributed by atoms with Crippen LogP contribution in [0.2, 0.25) is 0 Å². The Kier molecular flexibility index (Phi) is 9.35. The topological polar surface area (TPSA) is 0 Å². The molecule has 0 aromatic carbocycles. The monoisotopic (exact) mass is 192 g/mol. The van der Waals surface area contributed by atoms with Gasteiger partial charge in [0, 0.05) is 5.25 Å². The third kappa shape index (κ3) is 8.61. The molecule has 0 saturated heterocycles. The molecule has 1 unspecified atom stereocenters. The molecule has 0 amide bonds. The van der Waals surface area contributed by atoms with Gasteiger partial charge in [-0.2, -0.15) is 25.3 Å². The molecule has 11 heavy (non-hydrogen) atoms. The van der Waals surface area contributed by atoms with Gasteiger partial charge in [0.2, 0.25) is 0 Å². The maximum atomic E-state index is 4.51. The van der Waals surface area contributed by atoms with Gasteiger partial charge in [0.25, 0.3) is 0 Å². The number of hydrogen-bond donors (Lipinski definition) is 2. The molecule has 0 fully saturated rings. The van der Waals surface area contributed by atoms with Gasteiger partial charge in [0.15, 0.2) is 0 Å². The molecule has 0 aromatic rings. The number of hydrogen-bond acceptors (Lipinski definition) is 2. The molecule has 2 heteroatoms. The summed E-state index contributed by atoms with van der Waals surface area (Å²) >= 11 is 8.68. The molecule has 0 aromatic heterocycles. The van der Waals surface area contributed by atoms with Gasteiger partial charge in [-0.05, 0) is 25.0 Å². The number of rotatable bonds is 7. The molecular weight excluding hydrogens is 172 g/mol. The van der Waals surface area contributed by atoms with E-state index in [0.717, 1.165) is 5.75 Å². The third-order valence-electron chi connectivity index (χ3n) is 1.84. The van der Waals surface area contributed by atoms with Crippen LogP contribution in [0, 0.1) is 0 Å². The van der Waals surface area contributed by atoms with Crippen LogP contribution >= 0.6 is 25.3 Å². The van der Waals surface area contributed by atoms with Gasteiger partial charge in [0.1, 0.15) is 0 Å². The van der Waals surface area contributed by atoms with E-state index in [1.165, 1.54) is 38.5 Å². The predicted octanol–water partition coefficient (Wildman–Crippen LogP) is 3.58. The van der Waals surface area contributed by atoms with Gasteiger partial charge in [-0.15, -0.1) is 0 Å². The van der Waals surface area contributed by atoms with Crippen molar-refractivity contribution in [3.63, 3.8) is 0 Å². The summed E-state index contributed by atoms with van der Waals surface area (Å²) in [5.74, 6) is 1.02. The summed E-state index contributed by atoms with van der Waals surface area (Å²) < 4.78 is 0. The lowest BCUT2D eigenvalue weighted by molar-refractivity contribution is 0.620. The van der Waals surface area contributed by atoms with Crippen molar-refractivity contribution in [1.29, 1.82) is 0 Å². The summed E-state index contributed by atoms with van der Waals surface area (Å²) in [6, 6.07) is 0. The Hall–Kier alpha value is 0.700. The Balaban J connectivity index is 3.02. The molecule has 0 bridgehead atoms. The van der Waals surface area contributed by atoms with Gasteiger partial charge in [0.05, 0.1) is 0 Å². The molecule has 0 nitrogen and oxygen atoms in total. The van der Waals surface area contributed by atoms with Crippen molar-refractivity contribution >= 4 is 25.3 Å². The van der Waals surface area contributed by atoms with Gasteiger partial charge >= 0.3 is 0 Å². The van der Waals surface area contributed by atoms with E-state index in [4.69, 9.17) is 0 Å². The van der Waals surface area contributed by atoms with Gasteiger partial charge < -0.3 is 0 Å². The molecule has 1 atom stereocenters. The van der Waals surface area contributed by atoms with Crippen LogP contribution in [0.4, 0.5) is 0 Å². The number of thiol groups is 2. The van der Waals surface area contributed by atoms with Crippen LogP contribution < -0.4 is 0 Å². The lowest BCUT2D eigenvalue weighted by atomic mass is 10.1. The minimum absolute atomic E-state index is 0.634. The molecule has 0 radical (unpaired) electrons. The van der Waals surface area contributed by atoms with E-state index >= 15 is 0 Å². The largest absolute Gasteiger partial charge is 0.179 e. The van der Waals surface area contributed by atoms with Gasteiger partial charge in [-0.1, -0.05) is 26.2 Å². The molecule has 0 heterocycles. The normalized spacial score (nSPS) is 13.4.